The second-order valence-electron chi connectivity index (χ2n) is 13.1. The van der Waals surface area contributed by atoms with Gasteiger partial charge in [-0.25, -0.2) is 9.59 Å². The minimum Gasteiger partial charge on any atom is -0.445 e. The van der Waals surface area contributed by atoms with Crippen molar-refractivity contribution < 1.29 is 24.2 Å². The zero-order valence-corrected chi connectivity index (χ0v) is 27.2. The lowest BCUT2D eigenvalue weighted by Gasteiger charge is -2.35. The Kier molecular flexibility index (Phi) is 11.0. The summed E-state index contributed by atoms with van der Waals surface area (Å²) in [5, 5.41) is 14.7. The largest absolute Gasteiger partial charge is 0.445 e. The van der Waals surface area contributed by atoms with Gasteiger partial charge in [-0.2, -0.15) is 0 Å². The number of alkyl carbamates (subject to hydrolysis) is 1. The zero-order chi connectivity index (χ0) is 32.6. The second kappa shape index (κ2) is 14.7. The van der Waals surface area contributed by atoms with Crippen molar-refractivity contribution in [2.45, 2.75) is 96.1 Å². The standard InChI is InChI=1S/C37H47N3O5/c1-7-12-27-15-11-16-29(21-27)22-31(39-34(42)45-36(4,5)6)32(41)24-40(35(43)44-25-28-13-9-8-10-14-28)37(18-19-37)33-23-30(26(2)3)17-20-38-33/h7-11,13-17,20-21,23,26,31-32,41H,1,12,18-19,22,24-25H2,2-6H3,(H,39,42)/t31-,32+/m0/s1. The van der Waals surface area contributed by atoms with Gasteiger partial charge in [-0.15, -0.1) is 6.58 Å². The summed E-state index contributed by atoms with van der Waals surface area (Å²) < 4.78 is 11.4. The third-order valence-electron chi connectivity index (χ3n) is 7.96. The lowest BCUT2D eigenvalue weighted by molar-refractivity contribution is 0.0225. The fourth-order valence-electron chi connectivity index (χ4n) is 5.43. The highest BCUT2D eigenvalue weighted by molar-refractivity contribution is 5.70. The summed E-state index contributed by atoms with van der Waals surface area (Å²) in [4.78, 5) is 33.1. The van der Waals surface area contributed by atoms with Crippen molar-refractivity contribution in [3.63, 3.8) is 0 Å². The predicted octanol–water partition coefficient (Wildman–Crippen LogP) is 7.06. The van der Waals surface area contributed by atoms with Gasteiger partial charge in [0.25, 0.3) is 0 Å². The summed E-state index contributed by atoms with van der Waals surface area (Å²) in [6.07, 6.45) is 3.67. The minimum absolute atomic E-state index is 0.0754. The van der Waals surface area contributed by atoms with E-state index in [1.54, 1.807) is 31.9 Å². The molecule has 2 amide bonds. The van der Waals surface area contributed by atoms with Crippen molar-refractivity contribution in [3.8, 4) is 0 Å². The maximum atomic E-state index is 13.9. The van der Waals surface area contributed by atoms with Crippen LogP contribution in [0.5, 0.6) is 0 Å². The van der Waals surface area contributed by atoms with E-state index in [1.807, 2.05) is 72.8 Å². The predicted molar refractivity (Wildman–Crippen MR) is 176 cm³/mol. The van der Waals surface area contributed by atoms with E-state index >= 15 is 0 Å². The summed E-state index contributed by atoms with van der Waals surface area (Å²) in [6.45, 7) is 13.4. The third-order valence-corrected chi connectivity index (χ3v) is 7.96. The molecule has 1 fully saturated rings. The maximum absolute atomic E-state index is 13.9. The van der Waals surface area contributed by atoms with Crippen LogP contribution < -0.4 is 5.32 Å². The van der Waals surface area contributed by atoms with Crippen molar-refractivity contribution in [1.82, 2.24) is 15.2 Å². The summed E-state index contributed by atoms with van der Waals surface area (Å²) in [5.41, 5.74) is 3.31. The van der Waals surface area contributed by atoms with Gasteiger partial charge in [0, 0.05) is 6.20 Å². The van der Waals surface area contributed by atoms with E-state index in [0.29, 0.717) is 25.7 Å². The number of nitrogens with zero attached hydrogens (tertiary/aromatic N) is 2. The second-order valence-corrected chi connectivity index (χ2v) is 13.1. The summed E-state index contributed by atoms with van der Waals surface area (Å²) in [6, 6.07) is 20.7. The summed E-state index contributed by atoms with van der Waals surface area (Å²) in [7, 11) is 0. The van der Waals surface area contributed by atoms with Gasteiger partial charge in [-0.1, -0.05) is 74.5 Å². The maximum Gasteiger partial charge on any atom is 0.410 e. The fraction of sp³-hybridized carbons (Fsp3) is 0.432. The number of carbonyl (C=O) groups excluding carboxylic acids is 2. The Hall–Kier alpha value is -4.17. The molecule has 2 atom stereocenters. The smallest absolute Gasteiger partial charge is 0.410 e. The minimum atomic E-state index is -1.14. The van der Waals surface area contributed by atoms with Crippen molar-refractivity contribution in [2.75, 3.05) is 6.54 Å². The molecule has 2 aromatic carbocycles. The highest BCUT2D eigenvalue weighted by Crippen LogP contribution is 2.51. The fourth-order valence-corrected chi connectivity index (χ4v) is 5.43. The Balaban J connectivity index is 1.64. The molecule has 1 aliphatic rings. The zero-order valence-electron chi connectivity index (χ0n) is 27.2. The van der Waals surface area contributed by atoms with Crippen LogP contribution in [0.2, 0.25) is 0 Å². The van der Waals surface area contributed by atoms with Gasteiger partial charge in [0.1, 0.15) is 12.2 Å². The van der Waals surface area contributed by atoms with Crippen molar-refractivity contribution >= 4 is 12.2 Å². The number of aliphatic hydroxyl groups is 1. The van der Waals surface area contributed by atoms with Gasteiger partial charge in [0.2, 0.25) is 0 Å². The van der Waals surface area contributed by atoms with Crippen molar-refractivity contribution in [1.29, 1.82) is 0 Å². The average Bonchev–Trinajstić information content (AvgIpc) is 3.80. The molecule has 4 rings (SSSR count). The normalized spacial score (nSPS) is 15.1. The van der Waals surface area contributed by atoms with Gasteiger partial charge in [0.15, 0.2) is 0 Å². The lowest BCUT2D eigenvalue weighted by Crippen LogP contribution is -2.53. The lowest BCUT2D eigenvalue weighted by atomic mass is 9.97. The highest BCUT2D eigenvalue weighted by atomic mass is 16.6. The van der Waals surface area contributed by atoms with E-state index in [9.17, 15) is 14.7 Å². The van der Waals surface area contributed by atoms with E-state index < -0.39 is 35.5 Å². The molecule has 1 aliphatic carbocycles. The molecule has 45 heavy (non-hydrogen) atoms. The summed E-state index contributed by atoms with van der Waals surface area (Å²) >= 11 is 0. The van der Waals surface area contributed by atoms with E-state index in [2.05, 4.69) is 30.7 Å². The number of aromatic nitrogens is 1. The van der Waals surface area contributed by atoms with E-state index in [0.717, 1.165) is 27.9 Å². The van der Waals surface area contributed by atoms with Gasteiger partial charge in [0.05, 0.1) is 29.9 Å². The Morgan fingerprint density at radius 2 is 1.73 bits per heavy atom. The van der Waals surface area contributed by atoms with Crippen LogP contribution in [0, 0.1) is 0 Å². The highest BCUT2D eigenvalue weighted by Gasteiger charge is 2.54. The van der Waals surface area contributed by atoms with Gasteiger partial charge < -0.3 is 19.9 Å². The topological polar surface area (TPSA) is 101 Å². The van der Waals surface area contributed by atoms with Crippen LogP contribution in [0.25, 0.3) is 0 Å². The molecule has 1 aromatic heterocycles. The van der Waals surface area contributed by atoms with E-state index in [-0.39, 0.29) is 19.1 Å². The quantitative estimate of drug-likeness (QED) is 0.200. The number of aliphatic hydroxyl groups excluding tert-OH is 1. The molecule has 0 unspecified atom stereocenters. The SMILES string of the molecule is C=CCc1cccc(C[C@H](NC(=O)OC(C)(C)C)[C@H](O)CN(C(=O)OCc2ccccc2)C2(c3cc(C(C)C)ccn3)CC2)c1. The van der Waals surface area contributed by atoms with Crippen molar-refractivity contribution in [3.05, 3.63) is 114 Å². The van der Waals surface area contributed by atoms with Crippen LogP contribution in [0.3, 0.4) is 0 Å². The molecule has 1 heterocycles. The van der Waals surface area contributed by atoms with Crippen LogP contribution >= 0.6 is 0 Å². The molecule has 0 saturated heterocycles. The summed E-state index contributed by atoms with van der Waals surface area (Å²) in [5.74, 6) is 0.283. The number of nitrogens with one attached hydrogen (secondary N) is 1. The van der Waals surface area contributed by atoms with E-state index in [4.69, 9.17) is 9.47 Å². The molecule has 0 aliphatic heterocycles. The molecule has 2 N–H and O–H groups in total. The molecule has 1 saturated carbocycles. The van der Waals surface area contributed by atoms with Crippen LogP contribution in [0.1, 0.15) is 81.3 Å². The Morgan fingerprint density at radius 3 is 2.38 bits per heavy atom. The first-order valence-corrected chi connectivity index (χ1v) is 15.7. The number of hydrogen-bond donors (Lipinski definition) is 2. The molecule has 0 bridgehead atoms. The van der Waals surface area contributed by atoms with Crippen LogP contribution in [-0.2, 0) is 34.5 Å². The molecule has 0 spiro atoms. The molecule has 8 nitrogen and oxygen atoms in total. The number of allylic oxidation sites excluding steroid dienone is 1. The van der Waals surface area contributed by atoms with Gasteiger partial charge in [-0.3, -0.25) is 9.88 Å². The molecule has 0 radical (unpaired) electrons. The van der Waals surface area contributed by atoms with Gasteiger partial charge >= 0.3 is 12.2 Å². The van der Waals surface area contributed by atoms with Crippen molar-refractivity contribution in [2.24, 2.45) is 0 Å². The number of benzene rings is 2. The first kappa shape index (κ1) is 33.7. The number of hydrogen-bond acceptors (Lipinski definition) is 6. The first-order chi connectivity index (χ1) is 21.4. The number of amides is 2. The van der Waals surface area contributed by atoms with Crippen LogP contribution in [0.15, 0.2) is 85.6 Å². The third kappa shape index (κ3) is 9.41. The van der Waals surface area contributed by atoms with Crippen LogP contribution in [0.4, 0.5) is 9.59 Å². The number of pyridine rings is 1. The molecule has 8 heteroatoms. The van der Waals surface area contributed by atoms with E-state index in [1.165, 1.54) is 0 Å². The Morgan fingerprint density at radius 1 is 1.04 bits per heavy atom. The molecular weight excluding hydrogens is 566 g/mol. The number of carbonyl (C=O) groups is 2. The molecule has 240 valence electrons. The van der Waals surface area contributed by atoms with Crippen LogP contribution in [-0.4, -0.2) is 51.5 Å². The average molecular weight is 614 g/mol. The Bertz CT molecular complexity index is 1450. The molecular formula is C37H47N3O5. The number of rotatable bonds is 13. The molecule has 3 aromatic rings. The van der Waals surface area contributed by atoms with Gasteiger partial charge in [-0.05, 0) is 86.8 Å². The first-order valence-electron chi connectivity index (χ1n) is 15.7. The monoisotopic (exact) mass is 613 g/mol. The number of ether oxygens (including phenoxy) is 2. The Labute approximate surface area is 267 Å².